The molecule has 0 amide bonds. The minimum Gasteiger partial charge on any atom is -0.310 e. The standard InChI is InChI=1S/C34H25N5S/c35-20-22-14-16-24(17-15-22)33-37-39(33)34(36-21-23-8-2-1-3-9-23)38-29-12-6-4-10-25(29)27-19-32-28(18-30(27)38)26-11-5-7-13-31(26)40-32/h1-19,33-34,36-37H,21H2/t33?,34?,39-/m1/s1. The zero-order valence-corrected chi connectivity index (χ0v) is 22.4. The van der Waals surface area contributed by atoms with E-state index in [0.717, 1.165) is 12.1 Å². The van der Waals surface area contributed by atoms with Gasteiger partial charge in [0.2, 0.25) is 0 Å². The molecule has 1 fully saturated rings. The maximum absolute atomic E-state index is 9.26. The highest BCUT2D eigenvalue weighted by Crippen LogP contribution is 2.43. The Morgan fingerprint density at radius 2 is 1.50 bits per heavy atom. The third-order valence-corrected chi connectivity index (χ3v) is 9.02. The van der Waals surface area contributed by atoms with Gasteiger partial charge in [-0.2, -0.15) is 10.3 Å². The van der Waals surface area contributed by atoms with Crippen molar-refractivity contribution in [1.29, 1.82) is 5.26 Å². The van der Waals surface area contributed by atoms with E-state index in [1.165, 1.54) is 47.5 Å². The number of thiophene rings is 1. The zero-order chi connectivity index (χ0) is 26.6. The average Bonchev–Trinajstić information content (AvgIpc) is 3.63. The lowest BCUT2D eigenvalue weighted by Crippen LogP contribution is -2.33. The minimum atomic E-state index is -0.148. The maximum Gasteiger partial charge on any atom is 0.156 e. The summed E-state index contributed by atoms with van der Waals surface area (Å²) in [5, 5.41) is 20.5. The maximum atomic E-state index is 9.26. The van der Waals surface area contributed by atoms with Crippen molar-refractivity contribution in [1.82, 2.24) is 20.3 Å². The van der Waals surface area contributed by atoms with Crippen molar-refractivity contribution in [3.05, 3.63) is 132 Å². The van der Waals surface area contributed by atoms with Crippen molar-refractivity contribution in [2.75, 3.05) is 0 Å². The number of hydrazine groups is 1. The van der Waals surface area contributed by atoms with Crippen LogP contribution in [0.5, 0.6) is 0 Å². The van der Waals surface area contributed by atoms with E-state index in [1.54, 1.807) is 0 Å². The van der Waals surface area contributed by atoms with Crippen LogP contribution in [0.25, 0.3) is 42.0 Å². The molecule has 0 saturated carbocycles. The first kappa shape index (κ1) is 23.4. The van der Waals surface area contributed by atoms with E-state index < -0.39 is 0 Å². The van der Waals surface area contributed by atoms with Crippen molar-refractivity contribution in [2.24, 2.45) is 0 Å². The number of nitrogens with one attached hydrogen (secondary N) is 2. The van der Waals surface area contributed by atoms with Crippen LogP contribution in [-0.2, 0) is 6.54 Å². The Kier molecular flexibility index (Phi) is 5.44. The monoisotopic (exact) mass is 535 g/mol. The second kappa shape index (κ2) is 9.30. The molecule has 3 heterocycles. The SMILES string of the molecule is N#Cc1ccc(C2N[N@@]2C(NCc2ccccc2)n2c3ccccc3c3cc4sc5ccccc5c4cc32)cc1. The molecule has 2 aromatic heterocycles. The average molecular weight is 536 g/mol. The van der Waals surface area contributed by atoms with E-state index in [4.69, 9.17) is 0 Å². The molecule has 40 heavy (non-hydrogen) atoms. The van der Waals surface area contributed by atoms with Crippen LogP contribution in [0.3, 0.4) is 0 Å². The smallest absolute Gasteiger partial charge is 0.156 e. The molecule has 7 aromatic rings. The number of benzene rings is 5. The van der Waals surface area contributed by atoms with Crippen LogP contribution in [0, 0.1) is 11.3 Å². The van der Waals surface area contributed by atoms with E-state index in [2.05, 4.69) is 117 Å². The summed E-state index contributed by atoms with van der Waals surface area (Å²) >= 11 is 1.86. The molecule has 6 heteroatoms. The number of rotatable bonds is 6. The molecule has 192 valence electrons. The summed E-state index contributed by atoms with van der Waals surface area (Å²) in [5.74, 6) is 0. The van der Waals surface area contributed by atoms with Crippen molar-refractivity contribution < 1.29 is 0 Å². The lowest BCUT2D eigenvalue weighted by molar-refractivity contribution is 0.219. The van der Waals surface area contributed by atoms with Gasteiger partial charge in [-0.05, 0) is 47.5 Å². The van der Waals surface area contributed by atoms with Gasteiger partial charge in [0.1, 0.15) is 6.17 Å². The molecule has 3 atom stereocenters. The summed E-state index contributed by atoms with van der Waals surface area (Å²) in [6.07, 6.45) is -0.103. The molecular weight excluding hydrogens is 510 g/mol. The number of fused-ring (bicyclic) bond motifs is 6. The molecule has 2 unspecified atom stereocenters. The first-order valence-corrected chi connectivity index (χ1v) is 14.3. The molecule has 0 spiro atoms. The fourth-order valence-corrected chi connectivity index (χ4v) is 7.02. The zero-order valence-electron chi connectivity index (χ0n) is 21.6. The summed E-state index contributed by atoms with van der Waals surface area (Å²) in [7, 11) is 0. The van der Waals surface area contributed by atoms with Crippen LogP contribution in [0.1, 0.15) is 29.1 Å². The fraction of sp³-hybridized carbons (Fsp3) is 0.0882. The third-order valence-electron chi connectivity index (χ3n) is 7.89. The lowest BCUT2D eigenvalue weighted by atomic mass is 10.1. The first-order chi connectivity index (χ1) is 19.8. The number of hydrogen-bond acceptors (Lipinski definition) is 5. The number of nitrogens with zero attached hydrogens (tertiary/aromatic N) is 3. The predicted octanol–water partition coefficient (Wildman–Crippen LogP) is 7.80. The van der Waals surface area contributed by atoms with E-state index >= 15 is 0 Å². The predicted molar refractivity (Wildman–Crippen MR) is 164 cm³/mol. The van der Waals surface area contributed by atoms with Gasteiger partial charge in [0, 0.05) is 37.5 Å². The van der Waals surface area contributed by atoms with Crippen LogP contribution < -0.4 is 10.7 Å². The van der Waals surface area contributed by atoms with Gasteiger partial charge in [-0.1, -0.05) is 78.9 Å². The fourth-order valence-electron chi connectivity index (χ4n) is 5.89. The van der Waals surface area contributed by atoms with Crippen LogP contribution in [-0.4, -0.2) is 9.58 Å². The molecule has 0 aliphatic carbocycles. The summed E-state index contributed by atoms with van der Waals surface area (Å²) in [6.45, 7) is 0.724. The van der Waals surface area contributed by atoms with Gasteiger partial charge in [0.05, 0.1) is 22.7 Å². The molecule has 1 aliphatic heterocycles. The first-order valence-electron chi connectivity index (χ1n) is 13.4. The third kappa shape index (κ3) is 3.80. The van der Waals surface area contributed by atoms with E-state index in [9.17, 15) is 5.26 Å². The highest BCUT2D eigenvalue weighted by atomic mass is 32.1. The van der Waals surface area contributed by atoms with Gasteiger partial charge in [-0.25, -0.2) is 5.43 Å². The molecule has 2 N–H and O–H groups in total. The largest absolute Gasteiger partial charge is 0.310 e. The molecule has 5 aromatic carbocycles. The number of aromatic nitrogens is 1. The molecule has 0 bridgehead atoms. The summed E-state index contributed by atoms with van der Waals surface area (Å²) in [4.78, 5) is 0. The van der Waals surface area contributed by atoms with Crippen molar-refractivity contribution in [3.8, 4) is 6.07 Å². The quantitative estimate of drug-likeness (QED) is 0.213. The molecule has 8 rings (SSSR count). The Hall–Kier alpha value is -4.51. The lowest BCUT2D eigenvalue weighted by Gasteiger charge is -2.24. The minimum absolute atomic E-state index is 0.0444. The van der Waals surface area contributed by atoms with Gasteiger partial charge in [-0.15, -0.1) is 11.3 Å². The van der Waals surface area contributed by atoms with Crippen LogP contribution in [0.2, 0.25) is 0 Å². The van der Waals surface area contributed by atoms with Crippen molar-refractivity contribution in [3.63, 3.8) is 0 Å². The van der Waals surface area contributed by atoms with Gasteiger partial charge in [0.25, 0.3) is 0 Å². The Balaban J connectivity index is 1.31. The van der Waals surface area contributed by atoms with Gasteiger partial charge in [-0.3, -0.25) is 5.32 Å². The van der Waals surface area contributed by atoms with Gasteiger partial charge in [0.15, 0.2) is 6.29 Å². The normalized spacial score (nSPS) is 17.5. The second-order valence-corrected chi connectivity index (χ2v) is 11.3. The Bertz CT molecular complexity index is 2070. The van der Waals surface area contributed by atoms with Crippen molar-refractivity contribution >= 4 is 53.3 Å². The highest BCUT2D eigenvalue weighted by Gasteiger charge is 2.42. The Labute approximate surface area is 235 Å². The van der Waals surface area contributed by atoms with Crippen molar-refractivity contribution in [2.45, 2.75) is 19.0 Å². The van der Waals surface area contributed by atoms with E-state index in [1.807, 2.05) is 35.6 Å². The molecule has 1 saturated heterocycles. The van der Waals surface area contributed by atoms with Crippen LogP contribution >= 0.6 is 11.3 Å². The molecule has 0 radical (unpaired) electrons. The molecule has 1 aliphatic rings. The number of hydrogen-bond donors (Lipinski definition) is 2. The Morgan fingerprint density at radius 3 is 2.33 bits per heavy atom. The van der Waals surface area contributed by atoms with Crippen LogP contribution in [0.15, 0.2) is 115 Å². The second-order valence-electron chi connectivity index (χ2n) is 10.3. The molecule has 5 nitrogen and oxygen atoms in total. The van der Waals surface area contributed by atoms with Crippen LogP contribution in [0.4, 0.5) is 0 Å². The summed E-state index contributed by atoms with van der Waals surface area (Å²) < 4.78 is 5.06. The summed E-state index contributed by atoms with van der Waals surface area (Å²) in [5.41, 5.74) is 9.04. The van der Waals surface area contributed by atoms with Gasteiger partial charge >= 0.3 is 0 Å². The summed E-state index contributed by atoms with van der Waals surface area (Å²) in [6, 6.07) is 42.7. The number of para-hydroxylation sites is 1. The van der Waals surface area contributed by atoms with Gasteiger partial charge < -0.3 is 4.57 Å². The van der Waals surface area contributed by atoms with E-state index in [0.29, 0.717) is 5.56 Å². The van der Waals surface area contributed by atoms with E-state index in [-0.39, 0.29) is 12.5 Å². The topological polar surface area (TPSA) is 65.7 Å². The molecular formula is C34H25N5S. The highest BCUT2D eigenvalue weighted by molar-refractivity contribution is 7.25. The number of nitriles is 1. The Morgan fingerprint density at radius 1 is 0.750 bits per heavy atom.